The first-order valence-electron chi connectivity index (χ1n) is 9.74. The number of ether oxygens (including phenoxy) is 1. The molecule has 1 aliphatic carbocycles. The van der Waals surface area contributed by atoms with Crippen LogP contribution in [0.1, 0.15) is 30.1 Å². The molecule has 1 aliphatic heterocycles. The maximum Gasteiger partial charge on any atom is 0.326 e. The minimum atomic E-state index is -0.838. The predicted molar refractivity (Wildman–Crippen MR) is 106 cm³/mol. The van der Waals surface area contributed by atoms with E-state index < -0.39 is 36.9 Å². The first kappa shape index (κ1) is 21.2. The van der Waals surface area contributed by atoms with Crippen LogP contribution in [0.3, 0.4) is 0 Å². The van der Waals surface area contributed by atoms with Gasteiger partial charge in [-0.2, -0.15) is 0 Å². The van der Waals surface area contributed by atoms with Gasteiger partial charge in [0.2, 0.25) is 11.8 Å². The minimum absolute atomic E-state index is 0.268. The van der Waals surface area contributed by atoms with Crippen molar-refractivity contribution in [3.05, 3.63) is 42.0 Å². The van der Waals surface area contributed by atoms with Gasteiger partial charge in [-0.3, -0.25) is 28.9 Å². The van der Waals surface area contributed by atoms with Gasteiger partial charge in [-0.25, -0.2) is 0 Å². The number of carbonyl (C=O) groups excluding carboxylic acids is 5. The van der Waals surface area contributed by atoms with Crippen molar-refractivity contribution in [3.63, 3.8) is 0 Å². The van der Waals surface area contributed by atoms with Crippen LogP contribution in [0.2, 0.25) is 0 Å². The lowest BCUT2D eigenvalue weighted by atomic mass is 9.85. The minimum Gasteiger partial charge on any atom is -0.454 e. The Balaban J connectivity index is 1.49. The van der Waals surface area contributed by atoms with Crippen LogP contribution in [0.4, 0.5) is 5.69 Å². The van der Waals surface area contributed by atoms with Crippen LogP contribution in [0.5, 0.6) is 0 Å². The van der Waals surface area contributed by atoms with Crippen molar-refractivity contribution in [2.24, 2.45) is 11.8 Å². The quantitative estimate of drug-likeness (QED) is 0.389. The number of esters is 1. The molecule has 4 amide bonds. The van der Waals surface area contributed by atoms with Crippen LogP contribution < -0.4 is 10.6 Å². The first-order valence-corrected chi connectivity index (χ1v) is 9.74. The van der Waals surface area contributed by atoms with Crippen molar-refractivity contribution >= 4 is 35.3 Å². The van der Waals surface area contributed by atoms with Gasteiger partial charge >= 0.3 is 5.97 Å². The van der Waals surface area contributed by atoms with Crippen LogP contribution in [0.25, 0.3) is 0 Å². The lowest BCUT2D eigenvalue weighted by Gasteiger charge is -2.14. The van der Waals surface area contributed by atoms with Gasteiger partial charge in [0, 0.05) is 17.8 Å². The highest BCUT2D eigenvalue weighted by Crippen LogP contribution is 2.34. The summed E-state index contributed by atoms with van der Waals surface area (Å²) in [4.78, 5) is 61.6. The molecule has 0 aromatic heterocycles. The topological polar surface area (TPSA) is 122 Å². The van der Waals surface area contributed by atoms with Gasteiger partial charge in [-0.1, -0.05) is 18.2 Å². The molecule has 0 spiro atoms. The molecule has 2 atom stereocenters. The Morgan fingerprint density at radius 2 is 1.77 bits per heavy atom. The number of hydrogen-bond donors (Lipinski definition) is 2. The molecule has 2 N–H and O–H groups in total. The summed E-state index contributed by atoms with van der Waals surface area (Å²) in [5.41, 5.74) is 0.759. The fourth-order valence-corrected chi connectivity index (χ4v) is 3.54. The number of allylic oxidation sites excluding steroid dienone is 2. The largest absolute Gasteiger partial charge is 0.454 e. The average molecular weight is 413 g/mol. The molecule has 158 valence electrons. The summed E-state index contributed by atoms with van der Waals surface area (Å²) in [7, 11) is 0. The Kier molecular flexibility index (Phi) is 6.61. The molecule has 1 aromatic carbocycles. The summed E-state index contributed by atoms with van der Waals surface area (Å²) in [6, 6.07) is 6.32. The summed E-state index contributed by atoms with van der Waals surface area (Å²) < 4.78 is 4.91. The zero-order chi connectivity index (χ0) is 21.7. The Bertz CT molecular complexity index is 884. The number of rotatable bonds is 7. The van der Waals surface area contributed by atoms with E-state index in [4.69, 9.17) is 4.74 Å². The molecule has 30 heavy (non-hydrogen) atoms. The van der Waals surface area contributed by atoms with Crippen LogP contribution in [-0.2, 0) is 23.9 Å². The second-order valence-corrected chi connectivity index (χ2v) is 7.07. The molecule has 0 unspecified atom stereocenters. The van der Waals surface area contributed by atoms with E-state index in [1.165, 1.54) is 6.07 Å². The average Bonchev–Trinajstić information content (AvgIpc) is 2.98. The van der Waals surface area contributed by atoms with E-state index >= 15 is 0 Å². The third-order valence-corrected chi connectivity index (χ3v) is 5.00. The Morgan fingerprint density at radius 1 is 1.10 bits per heavy atom. The Labute approximate surface area is 173 Å². The molecular weight excluding hydrogens is 390 g/mol. The zero-order valence-corrected chi connectivity index (χ0v) is 16.6. The number of carbonyl (C=O) groups is 5. The number of hydrogen-bond acceptors (Lipinski definition) is 6. The molecule has 2 aliphatic rings. The van der Waals surface area contributed by atoms with Gasteiger partial charge in [-0.05, 0) is 38.0 Å². The number of nitrogens with zero attached hydrogens (tertiary/aromatic N) is 1. The molecule has 1 aromatic rings. The van der Waals surface area contributed by atoms with Gasteiger partial charge < -0.3 is 15.4 Å². The van der Waals surface area contributed by atoms with Crippen LogP contribution >= 0.6 is 0 Å². The van der Waals surface area contributed by atoms with Gasteiger partial charge in [-0.15, -0.1) is 0 Å². The highest BCUT2D eigenvalue weighted by atomic mass is 16.5. The summed E-state index contributed by atoms with van der Waals surface area (Å²) in [5.74, 6) is -3.30. The monoisotopic (exact) mass is 413 g/mol. The number of likely N-dealkylation sites (tertiary alicyclic amines) is 1. The molecule has 1 heterocycles. The van der Waals surface area contributed by atoms with Gasteiger partial charge in [0.15, 0.2) is 6.61 Å². The van der Waals surface area contributed by atoms with E-state index in [9.17, 15) is 24.0 Å². The lowest BCUT2D eigenvalue weighted by molar-refractivity contribution is -0.154. The van der Waals surface area contributed by atoms with E-state index in [0.29, 0.717) is 30.6 Å². The number of anilines is 1. The van der Waals surface area contributed by atoms with Crippen molar-refractivity contribution in [2.45, 2.75) is 19.8 Å². The normalized spacial score (nSPS) is 20.0. The van der Waals surface area contributed by atoms with Crippen LogP contribution in [0, 0.1) is 11.8 Å². The number of nitrogens with one attached hydrogen (secondary N) is 2. The number of benzene rings is 1. The SMILES string of the molecule is CCNC(=O)c1cccc(NC(=O)COC(=O)CN2C(=O)[C@H]3CC=CC[C@H]3C2=O)c1. The Hall–Kier alpha value is -3.49. The number of imide groups is 1. The number of fused-ring (bicyclic) bond motifs is 1. The van der Waals surface area contributed by atoms with Crippen molar-refractivity contribution < 1.29 is 28.7 Å². The summed E-state index contributed by atoms with van der Waals surface area (Å²) >= 11 is 0. The fraction of sp³-hybridized carbons (Fsp3) is 0.381. The summed E-state index contributed by atoms with van der Waals surface area (Å²) in [6.45, 7) is 1.19. The summed E-state index contributed by atoms with van der Waals surface area (Å²) in [5, 5.41) is 5.19. The third-order valence-electron chi connectivity index (χ3n) is 5.00. The first-order chi connectivity index (χ1) is 14.4. The van der Waals surface area contributed by atoms with Gasteiger partial charge in [0.25, 0.3) is 11.8 Å². The van der Waals surface area contributed by atoms with Crippen molar-refractivity contribution in [1.82, 2.24) is 10.2 Å². The van der Waals surface area contributed by atoms with Crippen molar-refractivity contribution in [1.29, 1.82) is 0 Å². The lowest BCUT2D eigenvalue weighted by Crippen LogP contribution is -2.37. The second-order valence-electron chi connectivity index (χ2n) is 7.07. The van der Waals surface area contributed by atoms with Crippen molar-refractivity contribution in [2.75, 3.05) is 25.0 Å². The maximum absolute atomic E-state index is 12.3. The highest BCUT2D eigenvalue weighted by molar-refractivity contribution is 6.07. The van der Waals surface area contributed by atoms with E-state index in [1.807, 2.05) is 12.2 Å². The van der Waals surface area contributed by atoms with E-state index in [1.54, 1.807) is 25.1 Å². The molecule has 9 heteroatoms. The molecule has 1 fully saturated rings. The summed E-state index contributed by atoms with van der Waals surface area (Å²) in [6.07, 6.45) is 4.69. The fourth-order valence-electron chi connectivity index (χ4n) is 3.54. The van der Waals surface area contributed by atoms with Crippen LogP contribution in [-0.4, -0.2) is 54.2 Å². The highest BCUT2D eigenvalue weighted by Gasteiger charge is 2.47. The number of amides is 4. The molecule has 0 saturated carbocycles. The third kappa shape index (κ3) is 4.73. The maximum atomic E-state index is 12.3. The zero-order valence-electron chi connectivity index (χ0n) is 16.6. The molecular formula is C21H23N3O6. The molecule has 3 rings (SSSR count). The van der Waals surface area contributed by atoms with Crippen molar-refractivity contribution in [3.8, 4) is 0 Å². The second kappa shape index (κ2) is 9.34. The molecule has 1 saturated heterocycles. The molecule has 9 nitrogen and oxygen atoms in total. The smallest absolute Gasteiger partial charge is 0.326 e. The van der Waals surface area contributed by atoms with E-state index in [0.717, 1.165) is 4.90 Å². The van der Waals surface area contributed by atoms with Gasteiger partial charge in [0.1, 0.15) is 6.54 Å². The van der Waals surface area contributed by atoms with E-state index in [2.05, 4.69) is 10.6 Å². The predicted octanol–water partition coefficient (Wildman–Crippen LogP) is 0.869. The van der Waals surface area contributed by atoms with E-state index in [-0.39, 0.29) is 17.7 Å². The standard InChI is InChI=1S/C21H23N3O6/c1-2-22-19(27)13-6-5-7-14(10-13)23-17(25)12-30-18(26)11-24-20(28)15-8-3-4-9-16(15)21(24)29/h3-7,10,15-16H,2,8-9,11-12H2,1H3,(H,22,27)(H,23,25)/t15-,16+. The Morgan fingerprint density at radius 3 is 2.40 bits per heavy atom. The van der Waals surface area contributed by atoms with Crippen LogP contribution in [0.15, 0.2) is 36.4 Å². The van der Waals surface area contributed by atoms with Gasteiger partial charge in [0.05, 0.1) is 11.8 Å². The molecule has 0 bridgehead atoms. The molecule has 0 radical (unpaired) electrons.